The highest BCUT2D eigenvalue weighted by atomic mass is 19.4. The summed E-state index contributed by atoms with van der Waals surface area (Å²) < 4.78 is 76.7. The molecule has 3 atom stereocenters. The Hall–Kier alpha value is -3.95. The lowest BCUT2D eigenvalue weighted by molar-refractivity contribution is -0.143. The van der Waals surface area contributed by atoms with E-state index in [1.54, 1.807) is 0 Å². The minimum atomic E-state index is -4.97. The fourth-order valence-corrected chi connectivity index (χ4v) is 6.13. The van der Waals surface area contributed by atoms with Gasteiger partial charge in [-0.15, -0.1) is 0 Å². The van der Waals surface area contributed by atoms with Crippen LogP contribution in [0.25, 0.3) is 11.2 Å². The highest BCUT2D eigenvalue weighted by molar-refractivity contribution is 5.85. The molecule has 5 heterocycles. The number of nitrogens with zero attached hydrogens (tertiary/aromatic N) is 7. The molecule has 234 valence electrons. The maximum Gasteiger partial charge on any atom is 0.436 e. The molecule has 15 heteroatoms. The van der Waals surface area contributed by atoms with Crippen LogP contribution in [0.1, 0.15) is 48.6 Å². The van der Waals surface area contributed by atoms with Crippen LogP contribution in [0.4, 0.5) is 33.7 Å². The molecule has 0 bridgehead atoms. The monoisotopic (exact) mass is 617 g/mol. The van der Waals surface area contributed by atoms with Gasteiger partial charge in [0.2, 0.25) is 5.95 Å². The number of fused-ring (bicyclic) bond motifs is 1. The number of nitrogen functional groups attached to an aromatic ring is 1. The van der Waals surface area contributed by atoms with Gasteiger partial charge in [-0.1, -0.05) is 12.1 Å². The van der Waals surface area contributed by atoms with Gasteiger partial charge in [0.25, 0.3) is 0 Å². The van der Waals surface area contributed by atoms with E-state index in [1.165, 1.54) is 30.3 Å². The van der Waals surface area contributed by atoms with E-state index >= 15 is 0 Å². The SMILES string of the molecule is Cc1nc2c(N3CCN(C(c4ccc(F)cc4)c4ccc(F)c(C(F)(F)F)n4)CC3C)nc(NN)nc2n1CC1CCCO1. The number of anilines is 2. The maximum absolute atomic E-state index is 14.2. The van der Waals surface area contributed by atoms with Crippen molar-refractivity contribution < 1.29 is 26.7 Å². The number of alkyl halides is 3. The molecule has 10 nitrogen and oxygen atoms in total. The van der Waals surface area contributed by atoms with Crippen LogP contribution in [-0.2, 0) is 17.5 Å². The van der Waals surface area contributed by atoms with Gasteiger partial charge in [-0.3, -0.25) is 10.3 Å². The van der Waals surface area contributed by atoms with Crippen molar-refractivity contribution in [2.45, 2.75) is 57.6 Å². The van der Waals surface area contributed by atoms with Crippen molar-refractivity contribution >= 4 is 22.9 Å². The minimum absolute atomic E-state index is 0.00790. The van der Waals surface area contributed by atoms with Gasteiger partial charge in [-0.2, -0.15) is 23.1 Å². The third-order valence-electron chi connectivity index (χ3n) is 8.20. The summed E-state index contributed by atoms with van der Waals surface area (Å²) in [5.74, 6) is 5.36. The summed E-state index contributed by atoms with van der Waals surface area (Å²) in [6, 6.07) is 6.51. The number of hydrogen-bond acceptors (Lipinski definition) is 9. The van der Waals surface area contributed by atoms with E-state index in [-0.39, 0.29) is 23.8 Å². The minimum Gasteiger partial charge on any atom is -0.376 e. The quantitative estimate of drug-likeness (QED) is 0.175. The van der Waals surface area contributed by atoms with E-state index in [0.29, 0.717) is 48.7 Å². The van der Waals surface area contributed by atoms with Crippen molar-refractivity contribution in [1.29, 1.82) is 0 Å². The van der Waals surface area contributed by atoms with Crippen molar-refractivity contribution in [3.05, 3.63) is 70.8 Å². The highest BCUT2D eigenvalue weighted by Crippen LogP contribution is 2.36. The summed E-state index contributed by atoms with van der Waals surface area (Å²) in [4.78, 5) is 21.8. The van der Waals surface area contributed by atoms with Crippen molar-refractivity contribution in [3.8, 4) is 0 Å². The second-order valence-electron chi connectivity index (χ2n) is 11.1. The maximum atomic E-state index is 14.2. The molecular formula is C29H32F5N9O. The van der Waals surface area contributed by atoms with Gasteiger partial charge in [0, 0.05) is 32.3 Å². The number of rotatable bonds is 7. The second-order valence-corrected chi connectivity index (χ2v) is 11.1. The smallest absolute Gasteiger partial charge is 0.376 e. The number of nitrogens with two attached hydrogens (primary N) is 1. The number of pyridine rings is 1. The van der Waals surface area contributed by atoms with E-state index in [9.17, 15) is 22.0 Å². The molecule has 1 aromatic carbocycles. The molecule has 44 heavy (non-hydrogen) atoms. The zero-order valence-electron chi connectivity index (χ0n) is 24.2. The first kappa shape index (κ1) is 30.1. The van der Waals surface area contributed by atoms with Crippen LogP contribution in [0.2, 0.25) is 0 Å². The Morgan fingerprint density at radius 1 is 1.05 bits per heavy atom. The lowest BCUT2D eigenvalue weighted by atomic mass is 9.98. The number of hydrogen-bond donors (Lipinski definition) is 2. The number of halogens is 5. The Morgan fingerprint density at radius 3 is 2.48 bits per heavy atom. The van der Waals surface area contributed by atoms with Crippen molar-refractivity contribution in [2.75, 3.05) is 36.6 Å². The highest BCUT2D eigenvalue weighted by Gasteiger charge is 2.39. The number of aromatic nitrogens is 5. The third-order valence-corrected chi connectivity index (χ3v) is 8.20. The van der Waals surface area contributed by atoms with Gasteiger partial charge in [0.1, 0.15) is 11.6 Å². The summed E-state index contributed by atoms with van der Waals surface area (Å²) in [6.45, 7) is 6.34. The van der Waals surface area contributed by atoms with Gasteiger partial charge >= 0.3 is 6.18 Å². The Labute approximate surface area is 250 Å². The number of imidazole rings is 1. The Kier molecular flexibility index (Phi) is 8.11. The Balaban J connectivity index is 1.34. The van der Waals surface area contributed by atoms with Crippen LogP contribution < -0.4 is 16.2 Å². The van der Waals surface area contributed by atoms with E-state index < -0.39 is 29.5 Å². The zero-order chi connectivity index (χ0) is 31.2. The van der Waals surface area contributed by atoms with Crippen LogP contribution in [0.15, 0.2) is 36.4 Å². The van der Waals surface area contributed by atoms with Crippen LogP contribution in [0.3, 0.4) is 0 Å². The standard InChI is InChI=1S/C29H32F5N9O/c1-16-14-41(24(18-5-7-19(30)8-6-18)22-10-9-21(31)25(37-22)29(32,33)34)11-12-42(16)26-23-27(39-28(38-26)40-35)43(17(2)36-23)15-20-4-3-13-44-20/h5-10,16,20,24H,3-4,11-15,35H2,1-2H3,(H,38,39,40). The number of nitrogens with one attached hydrogen (secondary N) is 1. The molecule has 0 aliphatic carbocycles. The number of hydrazine groups is 1. The molecule has 2 saturated heterocycles. The summed E-state index contributed by atoms with van der Waals surface area (Å²) in [5.41, 5.74) is 2.71. The van der Waals surface area contributed by atoms with Gasteiger partial charge in [0.05, 0.1) is 24.4 Å². The van der Waals surface area contributed by atoms with Crippen molar-refractivity contribution in [1.82, 2.24) is 29.4 Å². The average molecular weight is 618 g/mol. The molecule has 3 N–H and O–H groups in total. The van der Waals surface area contributed by atoms with Gasteiger partial charge in [-0.25, -0.2) is 24.6 Å². The van der Waals surface area contributed by atoms with Crippen LogP contribution in [-0.4, -0.2) is 67.8 Å². The van der Waals surface area contributed by atoms with Gasteiger partial charge in [-0.05, 0) is 56.5 Å². The number of piperazine rings is 1. The number of ether oxygens (including phenoxy) is 1. The number of benzene rings is 1. The second kappa shape index (κ2) is 11.9. The topological polar surface area (TPSA) is 110 Å². The van der Waals surface area contributed by atoms with E-state index in [1.807, 2.05) is 23.3 Å². The van der Waals surface area contributed by atoms with Crippen LogP contribution in [0.5, 0.6) is 0 Å². The van der Waals surface area contributed by atoms with Gasteiger partial charge < -0.3 is 14.2 Å². The molecule has 3 aromatic heterocycles. The van der Waals surface area contributed by atoms with Gasteiger partial charge in [0.15, 0.2) is 28.5 Å². The predicted octanol–water partition coefficient (Wildman–Crippen LogP) is 4.59. The molecule has 0 spiro atoms. The molecule has 4 aromatic rings. The first-order valence-electron chi connectivity index (χ1n) is 14.4. The molecule has 2 aliphatic rings. The summed E-state index contributed by atoms with van der Waals surface area (Å²) in [6.07, 6.45) is -2.97. The van der Waals surface area contributed by atoms with Crippen molar-refractivity contribution in [2.24, 2.45) is 5.84 Å². The largest absolute Gasteiger partial charge is 0.436 e. The normalized spacial score (nSPS) is 20.4. The fourth-order valence-electron chi connectivity index (χ4n) is 6.13. The molecule has 3 unspecified atom stereocenters. The molecular weight excluding hydrogens is 585 g/mol. The van der Waals surface area contributed by atoms with Crippen LogP contribution in [0, 0.1) is 18.6 Å². The zero-order valence-corrected chi connectivity index (χ0v) is 24.2. The molecule has 0 amide bonds. The van der Waals surface area contributed by atoms with E-state index in [0.717, 1.165) is 31.3 Å². The summed E-state index contributed by atoms with van der Waals surface area (Å²) in [7, 11) is 0. The molecule has 6 rings (SSSR count). The first-order chi connectivity index (χ1) is 21.0. The lowest BCUT2D eigenvalue weighted by Gasteiger charge is -2.43. The molecule has 2 fully saturated rings. The Bertz CT molecular complexity index is 1640. The first-order valence-corrected chi connectivity index (χ1v) is 14.4. The lowest BCUT2D eigenvalue weighted by Crippen LogP contribution is -2.53. The summed E-state index contributed by atoms with van der Waals surface area (Å²) >= 11 is 0. The third kappa shape index (κ3) is 5.78. The molecule has 0 saturated carbocycles. The van der Waals surface area contributed by atoms with Crippen molar-refractivity contribution in [3.63, 3.8) is 0 Å². The van der Waals surface area contributed by atoms with Crippen LogP contribution >= 0.6 is 0 Å². The fraction of sp³-hybridized carbons (Fsp3) is 0.448. The average Bonchev–Trinajstić information content (AvgIpc) is 3.62. The number of aryl methyl sites for hydroxylation is 1. The van der Waals surface area contributed by atoms with E-state index in [4.69, 9.17) is 15.6 Å². The predicted molar refractivity (Wildman–Crippen MR) is 153 cm³/mol. The molecule has 0 radical (unpaired) electrons. The summed E-state index contributed by atoms with van der Waals surface area (Å²) in [5, 5.41) is 0. The van der Waals surface area contributed by atoms with E-state index in [2.05, 4.69) is 25.3 Å². The molecule has 2 aliphatic heterocycles. The Morgan fingerprint density at radius 2 is 1.82 bits per heavy atom.